The Morgan fingerprint density at radius 1 is 0.793 bits per heavy atom. The van der Waals surface area contributed by atoms with Gasteiger partial charge in [0.1, 0.15) is 29.6 Å². The van der Waals surface area contributed by atoms with Gasteiger partial charge >= 0.3 is 0 Å². The maximum absolute atomic E-state index is 11.0. The van der Waals surface area contributed by atoms with Crippen LogP contribution in [0.25, 0.3) is 0 Å². The van der Waals surface area contributed by atoms with Crippen molar-refractivity contribution in [2.45, 2.75) is 6.61 Å². The van der Waals surface area contributed by atoms with Crippen LogP contribution in [0.4, 0.5) is 0 Å². The number of benzene rings is 3. The average molecular weight is 394 g/mol. The number of ether oxygens (including phenoxy) is 3. The summed E-state index contributed by atoms with van der Waals surface area (Å²) in [6.07, 6.45) is 1.35. The number of methoxy groups -OCH3 is 2. The Bertz CT molecular complexity index is 937. The van der Waals surface area contributed by atoms with Crippen LogP contribution >= 0.6 is 0 Å². The first kappa shape index (κ1) is 21.5. The Morgan fingerprint density at radius 2 is 1.38 bits per heavy atom. The van der Waals surface area contributed by atoms with Gasteiger partial charge in [0, 0.05) is 0 Å². The quantitative estimate of drug-likeness (QED) is 0.602. The van der Waals surface area contributed by atoms with Crippen LogP contribution in [0.3, 0.4) is 0 Å². The zero-order chi connectivity index (χ0) is 21.1. The second kappa shape index (κ2) is 11.1. The van der Waals surface area contributed by atoms with Crippen molar-refractivity contribution in [1.82, 2.24) is 0 Å². The number of phenolic OH excluding ortho intramolecular Hbond substituents is 1. The van der Waals surface area contributed by atoms with Gasteiger partial charge in [-0.05, 0) is 42.0 Å². The first-order chi connectivity index (χ1) is 14.1. The molecule has 6 heteroatoms. The lowest BCUT2D eigenvalue weighted by Crippen LogP contribution is -1.98. The minimum Gasteiger partial charge on any atom is -0.507 e. The van der Waals surface area contributed by atoms with E-state index in [2.05, 4.69) is 0 Å². The fourth-order valence-corrected chi connectivity index (χ4v) is 2.37. The zero-order valence-corrected chi connectivity index (χ0v) is 16.2. The van der Waals surface area contributed by atoms with Crippen molar-refractivity contribution in [3.05, 3.63) is 83.4 Å². The maximum Gasteiger partial charge on any atom is 0.153 e. The molecule has 0 aliphatic heterocycles. The van der Waals surface area contributed by atoms with Gasteiger partial charge in [-0.3, -0.25) is 9.59 Å². The summed E-state index contributed by atoms with van der Waals surface area (Å²) in [5.74, 6) is 1.74. The van der Waals surface area contributed by atoms with Crippen LogP contribution in [0, 0.1) is 0 Å². The number of phenols is 1. The van der Waals surface area contributed by atoms with E-state index in [9.17, 15) is 9.59 Å². The van der Waals surface area contributed by atoms with Crippen molar-refractivity contribution in [3.63, 3.8) is 0 Å². The van der Waals surface area contributed by atoms with Crippen molar-refractivity contribution < 1.29 is 28.9 Å². The highest BCUT2D eigenvalue weighted by molar-refractivity contribution is 5.80. The standard InChI is InChI=1S/C15H14O3.C8H8O3/c1-17-14-7-8-15(13(9-14)10-16)18-11-12-5-3-2-4-6-12;1-11-7-2-3-8(10)6(4-7)5-9/h2-10H,11H2,1H3;2-5,10H,1H3. The van der Waals surface area contributed by atoms with Crippen LogP contribution in [-0.2, 0) is 6.61 Å². The van der Waals surface area contributed by atoms with Crippen molar-refractivity contribution in [3.8, 4) is 23.0 Å². The molecule has 0 amide bonds. The molecule has 0 bridgehead atoms. The number of carbonyl (C=O) groups excluding carboxylic acids is 2. The summed E-state index contributed by atoms with van der Waals surface area (Å²) < 4.78 is 15.5. The summed E-state index contributed by atoms with van der Waals surface area (Å²) in [4.78, 5) is 21.3. The number of hydrogen-bond donors (Lipinski definition) is 1. The lowest BCUT2D eigenvalue weighted by atomic mass is 10.2. The van der Waals surface area contributed by atoms with Gasteiger partial charge in [-0.25, -0.2) is 0 Å². The molecule has 0 radical (unpaired) electrons. The van der Waals surface area contributed by atoms with E-state index in [-0.39, 0.29) is 11.3 Å². The summed E-state index contributed by atoms with van der Waals surface area (Å²) in [7, 11) is 3.06. The summed E-state index contributed by atoms with van der Waals surface area (Å²) in [5, 5.41) is 9.04. The molecular weight excluding hydrogens is 372 g/mol. The molecule has 0 saturated heterocycles. The molecule has 0 heterocycles. The molecule has 0 saturated carbocycles. The molecule has 3 aromatic carbocycles. The van der Waals surface area contributed by atoms with Gasteiger partial charge in [-0.2, -0.15) is 0 Å². The normalized spacial score (nSPS) is 9.59. The Labute approximate surface area is 169 Å². The van der Waals surface area contributed by atoms with Crippen molar-refractivity contribution in [2.75, 3.05) is 14.2 Å². The lowest BCUT2D eigenvalue weighted by Gasteiger charge is -2.09. The monoisotopic (exact) mass is 394 g/mol. The second-order valence-corrected chi connectivity index (χ2v) is 5.84. The molecule has 0 spiro atoms. The first-order valence-corrected chi connectivity index (χ1v) is 8.73. The Balaban J connectivity index is 0.000000234. The van der Waals surface area contributed by atoms with E-state index >= 15 is 0 Å². The molecule has 0 aromatic heterocycles. The van der Waals surface area contributed by atoms with Crippen LogP contribution in [0.2, 0.25) is 0 Å². The van der Waals surface area contributed by atoms with Gasteiger partial charge in [0.25, 0.3) is 0 Å². The molecule has 6 nitrogen and oxygen atoms in total. The van der Waals surface area contributed by atoms with E-state index in [1.165, 1.54) is 19.2 Å². The SMILES string of the molecule is COc1ccc(O)c(C=O)c1.COc1ccc(OCc2ccccc2)c(C=O)c1. The third-order valence-electron chi connectivity index (χ3n) is 3.94. The maximum atomic E-state index is 11.0. The zero-order valence-electron chi connectivity index (χ0n) is 16.2. The fourth-order valence-electron chi connectivity index (χ4n) is 2.37. The fraction of sp³-hybridized carbons (Fsp3) is 0.130. The van der Waals surface area contributed by atoms with Crippen LogP contribution in [0.15, 0.2) is 66.7 Å². The van der Waals surface area contributed by atoms with Crippen LogP contribution in [0.5, 0.6) is 23.0 Å². The average Bonchev–Trinajstić information content (AvgIpc) is 2.79. The number of rotatable bonds is 7. The van der Waals surface area contributed by atoms with Crippen LogP contribution < -0.4 is 14.2 Å². The largest absolute Gasteiger partial charge is 0.507 e. The van der Waals surface area contributed by atoms with Gasteiger partial charge < -0.3 is 19.3 Å². The second-order valence-electron chi connectivity index (χ2n) is 5.84. The topological polar surface area (TPSA) is 82.1 Å². The molecule has 0 fully saturated rings. The van der Waals surface area contributed by atoms with E-state index < -0.39 is 0 Å². The highest BCUT2D eigenvalue weighted by Gasteiger charge is 2.05. The van der Waals surface area contributed by atoms with E-state index in [1.54, 1.807) is 31.4 Å². The third-order valence-corrected chi connectivity index (χ3v) is 3.94. The van der Waals surface area contributed by atoms with E-state index in [1.807, 2.05) is 30.3 Å². The Morgan fingerprint density at radius 3 is 1.97 bits per heavy atom. The molecule has 0 aliphatic carbocycles. The summed E-state index contributed by atoms with van der Waals surface area (Å²) in [5.41, 5.74) is 1.79. The Hall–Kier alpha value is -3.80. The third kappa shape index (κ3) is 6.39. The molecular formula is C23H22O6. The smallest absolute Gasteiger partial charge is 0.153 e. The molecule has 3 rings (SSSR count). The van der Waals surface area contributed by atoms with Gasteiger partial charge in [-0.1, -0.05) is 30.3 Å². The minimum atomic E-state index is -0.0270. The van der Waals surface area contributed by atoms with Gasteiger partial charge in [-0.15, -0.1) is 0 Å². The van der Waals surface area contributed by atoms with E-state index in [0.717, 1.165) is 11.8 Å². The molecule has 29 heavy (non-hydrogen) atoms. The Kier molecular flexibility index (Phi) is 8.26. The highest BCUT2D eigenvalue weighted by Crippen LogP contribution is 2.23. The van der Waals surface area contributed by atoms with E-state index in [4.69, 9.17) is 19.3 Å². The van der Waals surface area contributed by atoms with Gasteiger partial charge in [0.2, 0.25) is 0 Å². The number of aromatic hydroxyl groups is 1. The van der Waals surface area contributed by atoms with Crippen LogP contribution in [0.1, 0.15) is 26.3 Å². The summed E-state index contributed by atoms with van der Waals surface area (Å²) >= 11 is 0. The molecule has 0 aliphatic rings. The summed E-state index contributed by atoms with van der Waals surface area (Å²) in [6, 6.07) is 19.5. The van der Waals surface area contributed by atoms with Gasteiger partial charge in [0.15, 0.2) is 12.6 Å². The predicted molar refractivity (Wildman–Crippen MR) is 109 cm³/mol. The minimum absolute atomic E-state index is 0.0270. The first-order valence-electron chi connectivity index (χ1n) is 8.73. The molecule has 1 N–H and O–H groups in total. The van der Waals surface area contributed by atoms with Crippen molar-refractivity contribution >= 4 is 12.6 Å². The molecule has 0 unspecified atom stereocenters. The number of carbonyl (C=O) groups is 2. The molecule has 0 atom stereocenters. The highest BCUT2D eigenvalue weighted by atomic mass is 16.5. The number of hydrogen-bond acceptors (Lipinski definition) is 6. The van der Waals surface area contributed by atoms with E-state index in [0.29, 0.717) is 35.7 Å². The van der Waals surface area contributed by atoms with Crippen LogP contribution in [-0.4, -0.2) is 31.9 Å². The predicted octanol–water partition coefficient (Wildman–Crippen LogP) is 4.30. The van der Waals surface area contributed by atoms with Crippen molar-refractivity contribution in [2.24, 2.45) is 0 Å². The van der Waals surface area contributed by atoms with Gasteiger partial charge in [0.05, 0.1) is 25.3 Å². The lowest BCUT2D eigenvalue weighted by molar-refractivity contribution is 0.111. The summed E-state index contributed by atoms with van der Waals surface area (Å²) in [6.45, 7) is 0.439. The molecule has 150 valence electrons. The molecule has 3 aromatic rings. The number of aldehydes is 2. The van der Waals surface area contributed by atoms with Crippen molar-refractivity contribution in [1.29, 1.82) is 0 Å².